The molecule has 5 N–H and O–H groups in total. The van der Waals surface area contributed by atoms with Gasteiger partial charge in [0.15, 0.2) is 0 Å². The number of hydrogen-bond acceptors (Lipinski definition) is 5. The number of rotatable bonds is 5. The number of hydrogen-bond donors (Lipinski definition) is 3. The minimum atomic E-state index is -0.588. The van der Waals surface area contributed by atoms with Crippen molar-refractivity contribution in [1.82, 2.24) is 5.32 Å². The Morgan fingerprint density at radius 1 is 1.35 bits per heavy atom. The fraction of sp³-hybridized carbons (Fsp3) is 0.389. The average molecular weight is 376 g/mol. The van der Waals surface area contributed by atoms with Crippen LogP contribution in [0.15, 0.2) is 40.9 Å². The third kappa shape index (κ3) is 3.26. The summed E-state index contributed by atoms with van der Waals surface area (Å²) in [7, 11) is 0. The van der Waals surface area contributed by atoms with Crippen molar-refractivity contribution >= 4 is 34.9 Å². The number of nitrogens with one attached hydrogen (secondary N) is 1. The lowest BCUT2D eigenvalue weighted by Gasteiger charge is -2.36. The van der Waals surface area contributed by atoms with Crippen LogP contribution in [0.5, 0.6) is 0 Å². The van der Waals surface area contributed by atoms with Gasteiger partial charge in [0.1, 0.15) is 17.9 Å². The molecule has 0 radical (unpaired) electrons. The molecule has 26 heavy (non-hydrogen) atoms. The maximum absolute atomic E-state index is 11.7. The summed E-state index contributed by atoms with van der Waals surface area (Å²) in [6, 6.07) is 7.89. The smallest absolute Gasteiger partial charge is 0.252 e. The summed E-state index contributed by atoms with van der Waals surface area (Å²) < 4.78 is 0. The van der Waals surface area contributed by atoms with E-state index in [1.807, 2.05) is 38.1 Å². The number of aliphatic imine (C=N–C) groups is 1. The van der Waals surface area contributed by atoms with Crippen molar-refractivity contribution in [3.8, 4) is 0 Å². The van der Waals surface area contributed by atoms with Crippen LogP contribution in [-0.2, 0) is 9.59 Å². The van der Waals surface area contributed by atoms with Crippen molar-refractivity contribution in [3.63, 3.8) is 0 Å². The lowest BCUT2D eigenvalue weighted by atomic mass is 9.93. The summed E-state index contributed by atoms with van der Waals surface area (Å²) in [6.07, 6.45) is 1.50. The normalized spacial score (nSPS) is 21.4. The molecule has 2 amide bonds. The van der Waals surface area contributed by atoms with Crippen molar-refractivity contribution in [2.75, 3.05) is 17.3 Å². The first-order valence-electron chi connectivity index (χ1n) is 8.31. The number of fused-ring (bicyclic) bond motifs is 3. The zero-order valence-electron chi connectivity index (χ0n) is 14.7. The molecular weight excluding hydrogens is 354 g/mol. The number of carbonyl (C=O) groups excluding carboxylic acids is 2. The minimum absolute atomic E-state index is 0.0954. The van der Waals surface area contributed by atoms with Crippen LogP contribution in [0.3, 0.4) is 0 Å². The quantitative estimate of drug-likeness (QED) is 0.661. The van der Waals surface area contributed by atoms with E-state index in [-0.39, 0.29) is 35.3 Å². The average Bonchev–Trinajstić information content (AvgIpc) is 2.86. The molecule has 2 atom stereocenters. The van der Waals surface area contributed by atoms with E-state index in [4.69, 9.17) is 23.1 Å². The second kappa shape index (κ2) is 6.64. The van der Waals surface area contributed by atoms with Crippen LogP contribution >= 0.6 is 11.6 Å². The van der Waals surface area contributed by atoms with Crippen molar-refractivity contribution in [1.29, 1.82) is 0 Å². The second-order valence-corrected chi connectivity index (χ2v) is 7.42. The highest BCUT2D eigenvalue weighted by Gasteiger charge is 2.42. The van der Waals surface area contributed by atoms with Crippen molar-refractivity contribution in [2.24, 2.45) is 16.5 Å². The van der Waals surface area contributed by atoms with Gasteiger partial charge in [-0.15, -0.1) is 11.6 Å². The van der Waals surface area contributed by atoms with Crippen LogP contribution in [0.25, 0.3) is 0 Å². The second-order valence-electron chi connectivity index (χ2n) is 7.15. The number of carbonyl (C=O) groups is 2. The Bertz CT molecular complexity index is 818. The molecule has 2 unspecified atom stereocenters. The van der Waals surface area contributed by atoms with E-state index in [9.17, 15) is 9.59 Å². The summed E-state index contributed by atoms with van der Waals surface area (Å²) in [4.78, 5) is 30.0. The molecule has 2 aliphatic heterocycles. The van der Waals surface area contributed by atoms with Gasteiger partial charge in [-0.1, -0.05) is 24.3 Å². The van der Waals surface area contributed by atoms with Crippen LogP contribution in [0.1, 0.15) is 25.3 Å². The predicted molar refractivity (Wildman–Crippen MR) is 102 cm³/mol. The molecule has 2 heterocycles. The number of halogens is 1. The van der Waals surface area contributed by atoms with E-state index in [0.29, 0.717) is 6.54 Å². The van der Waals surface area contributed by atoms with Crippen LogP contribution in [0, 0.1) is 0 Å². The van der Waals surface area contributed by atoms with Crippen LogP contribution in [-0.4, -0.2) is 41.8 Å². The topological polar surface area (TPSA) is 114 Å². The third-order valence-corrected chi connectivity index (χ3v) is 4.81. The summed E-state index contributed by atoms with van der Waals surface area (Å²) >= 11 is 5.62. The monoisotopic (exact) mass is 375 g/mol. The first-order valence-corrected chi connectivity index (χ1v) is 8.85. The molecule has 7 nitrogen and oxygen atoms in total. The molecule has 0 aliphatic carbocycles. The molecular formula is C18H22ClN5O2. The molecule has 0 saturated carbocycles. The van der Waals surface area contributed by atoms with Gasteiger partial charge in [-0.2, -0.15) is 0 Å². The van der Waals surface area contributed by atoms with E-state index in [1.54, 1.807) is 6.08 Å². The number of alkyl halides is 1. The van der Waals surface area contributed by atoms with E-state index in [2.05, 4.69) is 15.2 Å². The number of para-hydroxylation sites is 1. The number of amidine groups is 1. The Hall–Kier alpha value is -2.54. The molecule has 0 fully saturated rings. The zero-order chi connectivity index (χ0) is 19.1. The highest BCUT2D eigenvalue weighted by atomic mass is 35.5. The highest BCUT2D eigenvalue weighted by Crippen LogP contribution is 2.44. The van der Waals surface area contributed by atoms with Crippen LogP contribution < -0.4 is 21.7 Å². The SMILES string of the molecule is CC(C)(CN1c2ccccc2C2C=C(C(N)=O)C(N)=NC21)NC(=O)CCl. The van der Waals surface area contributed by atoms with Gasteiger partial charge < -0.3 is 21.7 Å². The molecule has 0 aromatic heterocycles. The molecule has 1 aromatic rings. The zero-order valence-corrected chi connectivity index (χ0v) is 15.5. The molecule has 0 bridgehead atoms. The molecule has 2 aliphatic rings. The number of nitrogens with two attached hydrogens (primary N) is 2. The summed E-state index contributed by atoms with van der Waals surface area (Å²) in [5.74, 6) is -0.902. The molecule has 0 spiro atoms. The fourth-order valence-corrected chi connectivity index (χ4v) is 3.66. The van der Waals surface area contributed by atoms with E-state index in [1.165, 1.54) is 0 Å². The van der Waals surface area contributed by atoms with Crippen molar-refractivity contribution in [3.05, 3.63) is 41.5 Å². The van der Waals surface area contributed by atoms with Gasteiger partial charge in [-0.05, 0) is 25.5 Å². The Morgan fingerprint density at radius 2 is 2.04 bits per heavy atom. The number of amides is 2. The number of nitrogens with zero attached hydrogens (tertiary/aromatic N) is 2. The number of primary amides is 1. The Balaban J connectivity index is 1.97. The number of benzene rings is 1. The minimum Gasteiger partial charge on any atom is -0.383 e. The van der Waals surface area contributed by atoms with E-state index >= 15 is 0 Å². The molecule has 1 aromatic carbocycles. The highest BCUT2D eigenvalue weighted by molar-refractivity contribution is 6.27. The number of dihydropyridines is 1. The molecule has 8 heteroatoms. The number of anilines is 1. The van der Waals surface area contributed by atoms with Gasteiger partial charge in [0.25, 0.3) is 5.91 Å². The Morgan fingerprint density at radius 3 is 2.69 bits per heavy atom. The summed E-state index contributed by atoms with van der Waals surface area (Å²) in [6.45, 7) is 4.35. The molecule has 0 saturated heterocycles. The van der Waals surface area contributed by atoms with Gasteiger partial charge in [0.05, 0.1) is 11.1 Å². The Kier molecular flexibility index (Phi) is 4.66. The standard InChI is InChI=1S/C18H22ClN5O2/c1-18(2,23-14(25)8-19)9-24-13-6-4-3-5-10(13)11-7-12(16(21)26)15(20)22-17(11)24/h3-7,11,17H,8-9H2,1-2H3,(H2,20,22)(H2,21,26)(H,23,25). The lowest BCUT2D eigenvalue weighted by Crippen LogP contribution is -2.54. The molecule has 3 rings (SSSR count). The van der Waals surface area contributed by atoms with Crippen molar-refractivity contribution < 1.29 is 9.59 Å². The molecule has 138 valence electrons. The largest absolute Gasteiger partial charge is 0.383 e. The van der Waals surface area contributed by atoms with Crippen LogP contribution in [0.2, 0.25) is 0 Å². The first kappa shape index (κ1) is 18.3. The summed E-state index contributed by atoms with van der Waals surface area (Å²) in [5, 5.41) is 2.92. The van der Waals surface area contributed by atoms with E-state index < -0.39 is 11.4 Å². The van der Waals surface area contributed by atoms with Crippen LogP contribution in [0.4, 0.5) is 5.69 Å². The lowest BCUT2D eigenvalue weighted by molar-refractivity contribution is -0.120. The maximum Gasteiger partial charge on any atom is 0.252 e. The summed E-state index contributed by atoms with van der Waals surface area (Å²) in [5.41, 5.74) is 13.1. The fourth-order valence-electron chi connectivity index (χ4n) is 3.59. The van der Waals surface area contributed by atoms with Gasteiger partial charge in [-0.25, -0.2) is 4.99 Å². The predicted octanol–water partition coefficient (Wildman–Crippen LogP) is 0.832. The van der Waals surface area contributed by atoms with Gasteiger partial charge in [0, 0.05) is 18.2 Å². The Labute approximate surface area is 157 Å². The third-order valence-electron chi connectivity index (χ3n) is 4.57. The van der Waals surface area contributed by atoms with Gasteiger partial charge in [-0.3, -0.25) is 9.59 Å². The van der Waals surface area contributed by atoms with Gasteiger partial charge >= 0.3 is 0 Å². The van der Waals surface area contributed by atoms with Gasteiger partial charge in [0.2, 0.25) is 5.91 Å². The van der Waals surface area contributed by atoms with Crippen molar-refractivity contribution in [2.45, 2.75) is 31.5 Å². The maximum atomic E-state index is 11.7. The van der Waals surface area contributed by atoms with E-state index in [0.717, 1.165) is 11.3 Å². The first-order chi connectivity index (χ1) is 12.2.